The SMILES string of the molecule is CC(Sc1nnc(-c2ccccc2F)n1Cc1ccccc1)C(=O)Nc1ncccn1. The van der Waals surface area contributed by atoms with Gasteiger partial charge in [-0.25, -0.2) is 14.4 Å². The van der Waals surface area contributed by atoms with Crippen molar-refractivity contribution >= 4 is 23.6 Å². The Balaban J connectivity index is 1.62. The van der Waals surface area contributed by atoms with Crippen LogP contribution in [0.3, 0.4) is 0 Å². The minimum Gasteiger partial charge on any atom is -0.297 e. The number of aromatic nitrogens is 5. The highest BCUT2D eigenvalue weighted by atomic mass is 32.2. The highest BCUT2D eigenvalue weighted by molar-refractivity contribution is 8.00. The molecule has 0 aliphatic carbocycles. The minimum absolute atomic E-state index is 0.234. The standard InChI is InChI=1S/C22H19FN6OS/c1-15(20(30)26-21-24-12-7-13-25-21)31-22-28-27-19(17-10-5-6-11-18(17)23)29(22)14-16-8-3-2-4-9-16/h2-13,15H,14H2,1H3,(H,24,25,26,30). The number of halogens is 1. The predicted octanol–water partition coefficient (Wildman–Crippen LogP) is 4.04. The molecular weight excluding hydrogens is 415 g/mol. The molecular formula is C22H19FN6OS. The Labute approximate surface area is 182 Å². The van der Waals surface area contributed by atoms with Gasteiger partial charge in [-0.2, -0.15) is 0 Å². The van der Waals surface area contributed by atoms with E-state index in [2.05, 4.69) is 25.5 Å². The van der Waals surface area contributed by atoms with Crippen molar-refractivity contribution in [2.24, 2.45) is 0 Å². The summed E-state index contributed by atoms with van der Waals surface area (Å²) in [4.78, 5) is 20.6. The number of benzene rings is 2. The van der Waals surface area contributed by atoms with E-state index in [1.807, 2.05) is 34.9 Å². The molecule has 1 amide bonds. The molecule has 4 rings (SSSR count). The number of nitrogens with zero attached hydrogens (tertiary/aromatic N) is 5. The Morgan fingerprint density at radius 2 is 1.74 bits per heavy atom. The van der Waals surface area contributed by atoms with Gasteiger partial charge in [0.05, 0.1) is 17.4 Å². The third-order valence-corrected chi connectivity index (χ3v) is 5.55. The summed E-state index contributed by atoms with van der Waals surface area (Å²) >= 11 is 1.24. The number of hydrogen-bond acceptors (Lipinski definition) is 6. The van der Waals surface area contributed by atoms with Crippen LogP contribution in [-0.4, -0.2) is 35.9 Å². The molecule has 7 nitrogen and oxygen atoms in total. The molecule has 0 spiro atoms. The zero-order valence-electron chi connectivity index (χ0n) is 16.6. The maximum absolute atomic E-state index is 14.5. The molecule has 31 heavy (non-hydrogen) atoms. The Morgan fingerprint density at radius 3 is 2.48 bits per heavy atom. The molecule has 0 bridgehead atoms. The molecule has 2 heterocycles. The molecule has 1 N–H and O–H groups in total. The van der Waals surface area contributed by atoms with Crippen molar-refractivity contribution in [2.45, 2.75) is 23.9 Å². The van der Waals surface area contributed by atoms with E-state index >= 15 is 0 Å². The maximum atomic E-state index is 14.5. The summed E-state index contributed by atoms with van der Waals surface area (Å²) in [6.45, 7) is 2.20. The second-order valence-corrected chi connectivity index (χ2v) is 7.99. The van der Waals surface area contributed by atoms with Gasteiger partial charge in [0.1, 0.15) is 5.82 Å². The topological polar surface area (TPSA) is 85.6 Å². The molecule has 2 aromatic heterocycles. The molecule has 0 saturated carbocycles. The molecule has 0 fully saturated rings. The summed E-state index contributed by atoms with van der Waals surface area (Å²) in [6.07, 6.45) is 3.11. The average molecular weight is 435 g/mol. The van der Waals surface area contributed by atoms with Crippen molar-refractivity contribution in [1.82, 2.24) is 24.7 Å². The van der Waals surface area contributed by atoms with Crippen molar-refractivity contribution in [3.63, 3.8) is 0 Å². The summed E-state index contributed by atoms with van der Waals surface area (Å²) in [7, 11) is 0. The first-order chi connectivity index (χ1) is 15.1. The van der Waals surface area contributed by atoms with E-state index in [9.17, 15) is 9.18 Å². The number of anilines is 1. The summed E-state index contributed by atoms with van der Waals surface area (Å²) < 4.78 is 16.3. The Hall–Kier alpha value is -3.59. The number of hydrogen-bond donors (Lipinski definition) is 1. The number of carbonyl (C=O) groups excluding carboxylic acids is 1. The van der Waals surface area contributed by atoms with Gasteiger partial charge in [-0.05, 0) is 30.7 Å². The number of carbonyl (C=O) groups is 1. The van der Waals surface area contributed by atoms with Crippen LogP contribution >= 0.6 is 11.8 Å². The van der Waals surface area contributed by atoms with Crippen LogP contribution in [-0.2, 0) is 11.3 Å². The molecule has 156 valence electrons. The van der Waals surface area contributed by atoms with Gasteiger partial charge < -0.3 is 0 Å². The quantitative estimate of drug-likeness (QED) is 0.442. The lowest BCUT2D eigenvalue weighted by Crippen LogP contribution is -2.24. The van der Waals surface area contributed by atoms with Crippen LogP contribution in [0, 0.1) is 5.82 Å². The first-order valence-electron chi connectivity index (χ1n) is 9.58. The largest absolute Gasteiger partial charge is 0.297 e. The monoisotopic (exact) mass is 434 g/mol. The summed E-state index contributed by atoms with van der Waals surface area (Å²) in [5.41, 5.74) is 1.36. The summed E-state index contributed by atoms with van der Waals surface area (Å²) in [6, 6.07) is 17.9. The van der Waals surface area contributed by atoms with Gasteiger partial charge in [0.15, 0.2) is 11.0 Å². The molecule has 4 aromatic rings. The van der Waals surface area contributed by atoms with E-state index in [1.165, 1.54) is 17.8 Å². The Morgan fingerprint density at radius 1 is 1.03 bits per heavy atom. The fourth-order valence-electron chi connectivity index (χ4n) is 2.91. The molecule has 9 heteroatoms. The van der Waals surface area contributed by atoms with E-state index in [1.54, 1.807) is 43.6 Å². The second-order valence-electron chi connectivity index (χ2n) is 6.68. The highest BCUT2D eigenvalue weighted by Crippen LogP contribution is 2.29. The van der Waals surface area contributed by atoms with Crippen LogP contribution in [0.1, 0.15) is 12.5 Å². The molecule has 0 aliphatic rings. The molecule has 2 aromatic carbocycles. The van der Waals surface area contributed by atoms with Gasteiger partial charge in [0.2, 0.25) is 11.9 Å². The normalized spacial score (nSPS) is 11.8. The number of amides is 1. The highest BCUT2D eigenvalue weighted by Gasteiger charge is 2.22. The first-order valence-corrected chi connectivity index (χ1v) is 10.5. The third kappa shape index (κ3) is 4.95. The number of thioether (sulfide) groups is 1. The van der Waals surface area contributed by atoms with Gasteiger partial charge in [-0.15, -0.1) is 10.2 Å². The minimum atomic E-state index is -0.504. The van der Waals surface area contributed by atoms with Gasteiger partial charge in [0, 0.05) is 12.4 Å². The summed E-state index contributed by atoms with van der Waals surface area (Å²) in [5.74, 6) is -0.00751. The van der Waals surface area contributed by atoms with E-state index in [4.69, 9.17) is 0 Å². The number of rotatable bonds is 7. The lowest BCUT2D eigenvalue weighted by atomic mass is 10.2. The predicted molar refractivity (Wildman–Crippen MR) is 117 cm³/mol. The zero-order chi connectivity index (χ0) is 21.6. The zero-order valence-corrected chi connectivity index (χ0v) is 17.5. The van der Waals surface area contributed by atoms with Crippen molar-refractivity contribution in [2.75, 3.05) is 5.32 Å². The fourth-order valence-corrected chi connectivity index (χ4v) is 3.76. The van der Waals surface area contributed by atoms with Crippen LogP contribution in [0.25, 0.3) is 11.4 Å². The van der Waals surface area contributed by atoms with Crippen molar-refractivity contribution in [1.29, 1.82) is 0 Å². The summed E-state index contributed by atoms with van der Waals surface area (Å²) in [5, 5.41) is 11.2. The van der Waals surface area contributed by atoms with E-state index < -0.39 is 5.25 Å². The fraction of sp³-hybridized carbons (Fsp3) is 0.136. The van der Waals surface area contributed by atoms with Crippen LogP contribution in [0.2, 0.25) is 0 Å². The number of nitrogens with one attached hydrogen (secondary N) is 1. The van der Waals surface area contributed by atoms with E-state index in [0.29, 0.717) is 23.1 Å². The molecule has 1 unspecified atom stereocenters. The van der Waals surface area contributed by atoms with Crippen molar-refractivity contribution in [3.05, 3.63) is 84.4 Å². The molecule has 0 aliphatic heterocycles. The average Bonchev–Trinajstić information content (AvgIpc) is 3.17. The van der Waals surface area contributed by atoms with E-state index in [-0.39, 0.29) is 17.7 Å². The van der Waals surface area contributed by atoms with Crippen LogP contribution in [0.15, 0.2) is 78.2 Å². The van der Waals surface area contributed by atoms with Crippen molar-refractivity contribution < 1.29 is 9.18 Å². The Bertz CT molecular complexity index is 1170. The van der Waals surface area contributed by atoms with Gasteiger partial charge in [0.25, 0.3) is 0 Å². The lowest BCUT2D eigenvalue weighted by molar-refractivity contribution is -0.115. The third-order valence-electron chi connectivity index (χ3n) is 4.47. The van der Waals surface area contributed by atoms with Gasteiger partial charge in [-0.3, -0.25) is 14.7 Å². The maximum Gasteiger partial charge on any atom is 0.240 e. The van der Waals surface area contributed by atoms with Crippen LogP contribution < -0.4 is 5.32 Å². The first kappa shape index (κ1) is 20.7. The van der Waals surface area contributed by atoms with Crippen LogP contribution in [0.5, 0.6) is 0 Å². The van der Waals surface area contributed by atoms with Crippen LogP contribution in [0.4, 0.5) is 10.3 Å². The molecule has 1 atom stereocenters. The molecule has 0 radical (unpaired) electrons. The molecule has 0 saturated heterocycles. The van der Waals surface area contributed by atoms with Crippen molar-refractivity contribution in [3.8, 4) is 11.4 Å². The smallest absolute Gasteiger partial charge is 0.240 e. The Kier molecular flexibility index (Phi) is 6.32. The van der Waals surface area contributed by atoms with Gasteiger partial charge in [-0.1, -0.05) is 54.2 Å². The van der Waals surface area contributed by atoms with Gasteiger partial charge >= 0.3 is 0 Å². The van der Waals surface area contributed by atoms with E-state index in [0.717, 1.165) is 5.56 Å². The second kappa shape index (κ2) is 9.48. The lowest BCUT2D eigenvalue weighted by Gasteiger charge is -2.14.